The Labute approximate surface area is 125 Å². The highest BCUT2D eigenvalue weighted by Crippen LogP contribution is 2.23. The van der Waals surface area contributed by atoms with Crippen LogP contribution in [0.25, 0.3) is 0 Å². The molecule has 0 radical (unpaired) electrons. The zero-order chi connectivity index (χ0) is 14.0. The smallest absolute Gasteiger partial charge is 0.255 e. The van der Waals surface area contributed by atoms with Gasteiger partial charge in [-0.1, -0.05) is 12.1 Å². The second-order valence-electron chi connectivity index (χ2n) is 4.44. The summed E-state index contributed by atoms with van der Waals surface area (Å²) in [7, 11) is 1.81. The number of amides is 1. The molecule has 0 atom stereocenters. The lowest BCUT2D eigenvalue weighted by molar-refractivity contribution is 0.0785. The third-order valence-electron chi connectivity index (χ3n) is 2.83. The van der Waals surface area contributed by atoms with E-state index in [4.69, 9.17) is 0 Å². The first-order valence-corrected chi connectivity index (χ1v) is 7.52. The molecule has 0 saturated carbocycles. The van der Waals surface area contributed by atoms with Crippen LogP contribution >= 0.6 is 27.3 Å². The van der Waals surface area contributed by atoms with Crippen LogP contribution < -0.4 is 0 Å². The van der Waals surface area contributed by atoms with Crippen molar-refractivity contribution in [1.29, 1.82) is 0 Å². The summed E-state index contributed by atoms with van der Waals surface area (Å²) in [4.78, 5) is 19.4. The van der Waals surface area contributed by atoms with E-state index >= 15 is 0 Å². The van der Waals surface area contributed by atoms with E-state index in [9.17, 15) is 4.79 Å². The number of rotatable bonds is 3. The fourth-order valence-electron chi connectivity index (χ4n) is 1.80. The third kappa shape index (κ3) is 3.22. The number of nitrogens with zero attached hydrogens (tertiary/aromatic N) is 2. The molecule has 0 saturated heterocycles. The van der Waals surface area contributed by atoms with E-state index in [1.54, 1.807) is 16.2 Å². The number of hydrogen-bond acceptors (Lipinski definition) is 3. The minimum atomic E-state index is 0.0154. The van der Waals surface area contributed by atoms with Gasteiger partial charge in [0, 0.05) is 22.6 Å². The van der Waals surface area contributed by atoms with Crippen molar-refractivity contribution in [2.45, 2.75) is 20.4 Å². The van der Waals surface area contributed by atoms with Crippen LogP contribution in [0, 0.1) is 13.8 Å². The van der Waals surface area contributed by atoms with Crippen LogP contribution in [0.3, 0.4) is 0 Å². The van der Waals surface area contributed by atoms with E-state index in [0.29, 0.717) is 12.1 Å². The van der Waals surface area contributed by atoms with Crippen molar-refractivity contribution in [3.05, 3.63) is 49.9 Å². The molecule has 0 N–H and O–H groups in total. The summed E-state index contributed by atoms with van der Waals surface area (Å²) in [6.45, 7) is 4.53. The molecule has 2 rings (SSSR count). The molecule has 0 aliphatic carbocycles. The van der Waals surface area contributed by atoms with Gasteiger partial charge in [-0.05, 0) is 41.4 Å². The van der Waals surface area contributed by atoms with Gasteiger partial charge in [0.15, 0.2) is 0 Å². The summed E-state index contributed by atoms with van der Waals surface area (Å²) in [5, 5.41) is 1.02. The minimum Gasteiger partial charge on any atom is -0.336 e. The molecular formula is C14H15BrN2OS. The van der Waals surface area contributed by atoms with Gasteiger partial charge in [0.2, 0.25) is 0 Å². The van der Waals surface area contributed by atoms with Crippen molar-refractivity contribution in [2.75, 3.05) is 7.05 Å². The average Bonchev–Trinajstić information content (AvgIpc) is 2.77. The molecule has 19 heavy (non-hydrogen) atoms. The quantitative estimate of drug-likeness (QED) is 0.852. The number of carbonyl (C=O) groups is 1. The van der Waals surface area contributed by atoms with E-state index in [-0.39, 0.29) is 5.91 Å². The molecular weight excluding hydrogens is 324 g/mol. The number of halogens is 1. The van der Waals surface area contributed by atoms with Crippen LogP contribution in [-0.2, 0) is 6.54 Å². The highest BCUT2D eigenvalue weighted by Gasteiger charge is 2.16. The Hall–Kier alpha value is -1.20. The maximum Gasteiger partial charge on any atom is 0.255 e. The van der Waals surface area contributed by atoms with Crippen molar-refractivity contribution in [2.24, 2.45) is 0 Å². The summed E-state index contributed by atoms with van der Waals surface area (Å²) < 4.78 is 0.868. The molecule has 1 aromatic carbocycles. The highest BCUT2D eigenvalue weighted by atomic mass is 79.9. The summed E-state index contributed by atoms with van der Waals surface area (Å²) in [5.41, 5.74) is 1.76. The summed E-state index contributed by atoms with van der Waals surface area (Å²) in [5.74, 6) is 0.0154. The first kappa shape index (κ1) is 14.2. The Kier molecular flexibility index (Phi) is 4.37. The van der Waals surface area contributed by atoms with Crippen LogP contribution in [0.1, 0.15) is 25.8 Å². The molecule has 0 aliphatic rings. The van der Waals surface area contributed by atoms with E-state index in [2.05, 4.69) is 20.9 Å². The van der Waals surface area contributed by atoms with Crippen LogP contribution in [0.5, 0.6) is 0 Å². The van der Waals surface area contributed by atoms with Crippen LogP contribution in [-0.4, -0.2) is 22.8 Å². The standard InChI is InChI=1S/C14H15BrN2OS/c1-9-5-4-6-12(13(9)15)14(18)17(3)8-11-7-16-10(2)19-11/h4-7H,8H2,1-3H3. The Morgan fingerprint density at radius 3 is 2.79 bits per heavy atom. The number of carbonyl (C=O) groups excluding carboxylic acids is 1. The van der Waals surface area contributed by atoms with Crippen LogP contribution in [0.4, 0.5) is 0 Å². The topological polar surface area (TPSA) is 33.2 Å². The van der Waals surface area contributed by atoms with Gasteiger partial charge in [0.1, 0.15) is 0 Å². The van der Waals surface area contributed by atoms with Crippen LogP contribution in [0.2, 0.25) is 0 Å². The van der Waals surface area contributed by atoms with Gasteiger partial charge >= 0.3 is 0 Å². The highest BCUT2D eigenvalue weighted by molar-refractivity contribution is 9.10. The molecule has 5 heteroatoms. The maximum absolute atomic E-state index is 12.4. The number of hydrogen-bond donors (Lipinski definition) is 0. The monoisotopic (exact) mass is 338 g/mol. The van der Waals surface area contributed by atoms with E-state index < -0.39 is 0 Å². The predicted molar refractivity (Wildman–Crippen MR) is 81.5 cm³/mol. The first-order valence-electron chi connectivity index (χ1n) is 5.91. The number of aromatic nitrogens is 1. The Morgan fingerprint density at radius 2 is 2.16 bits per heavy atom. The molecule has 1 heterocycles. The fraction of sp³-hybridized carbons (Fsp3) is 0.286. The van der Waals surface area contributed by atoms with Crippen molar-refractivity contribution in [3.63, 3.8) is 0 Å². The zero-order valence-corrected chi connectivity index (χ0v) is 13.5. The molecule has 0 spiro atoms. The largest absolute Gasteiger partial charge is 0.336 e. The van der Waals surface area contributed by atoms with Gasteiger partial charge in [0.25, 0.3) is 5.91 Å². The van der Waals surface area contributed by atoms with E-state index in [1.807, 2.05) is 45.3 Å². The molecule has 3 nitrogen and oxygen atoms in total. The Balaban J connectivity index is 2.17. The van der Waals surface area contributed by atoms with Crippen LogP contribution in [0.15, 0.2) is 28.9 Å². The lowest BCUT2D eigenvalue weighted by Gasteiger charge is -2.17. The third-order valence-corrected chi connectivity index (χ3v) is 4.78. The van der Waals surface area contributed by atoms with Crippen molar-refractivity contribution >= 4 is 33.2 Å². The molecule has 100 valence electrons. The molecule has 2 aromatic rings. The molecule has 0 aliphatic heterocycles. The average molecular weight is 339 g/mol. The number of thiazole rings is 1. The minimum absolute atomic E-state index is 0.0154. The lowest BCUT2D eigenvalue weighted by atomic mass is 10.1. The van der Waals surface area contributed by atoms with Crippen molar-refractivity contribution in [1.82, 2.24) is 9.88 Å². The normalized spacial score (nSPS) is 10.5. The van der Waals surface area contributed by atoms with Gasteiger partial charge in [-0.15, -0.1) is 11.3 Å². The van der Waals surface area contributed by atoms with Crippen molar-refractivity contribution in [3.8, 4) is 0 Å². The maximum atomic E-state index is 12.4. The molecule has 1 amide bonds. The number of benzene rings is 1. The molecule has 1 aromatic heterocycles. The molecule has 0 bridgehead atoms. The summed E-state index contributed by atoms with van der Waals surface area (Å²) in [6.07, 6.45) is 1.83. The van der Waals surface area contributed by atoms with E-state index in [0.717, 1.165) is 19.9 Å². The van der Waals surface area contributed by atoms with Gasteiger partial charge in [0.05, 0.1) is 17.1 Å². The molecule has 0 fully saturated rings. The number of aryl methyl sites for hydroxylation is 2. The Bertz CT molecular complexity index is 609. The Morgan fingerprint density at radius 1 is 1.42 bits per heavy atom. The second kappa shape index (κ2) is 5.84. The molecule has 0 unspecified atom stereocenters. The second-order valence-corrected chi connectivity index (χ2v) is 6.56. The zero-order valence-electron chi connectivity index (χ0n) is 11.1. The van der Waals surface area contributed by atoms with Gasteiger partial charge in [-0.3, -0.25) is 4.79 Å². The van der Waals surface area contributed by atoms with Gasteiger partial charge in [-0.25, -0.2) is 4.98 Å². The van der Waals surface area contributed by atoms with Gasteiger partial charge < -0.3 is 4.90 Å². The van der Waals surface area contributed by atoms with Gasteiger partial charge in [-0.2, -0.15) is 0 Å². The summed E-state index contributed by atoms with van der Waals surface area (Å²) >= 11 is 5.10. The van der Waals surface area contributed by atoms with E-state index in [1.165, 1.54) is 0 Å². The lowest BCUT2D eigenvalue weighted by Crippen LogP contribution is -2.26. The predicted octanol–water partition coefficient (Wildman–Crippen LogP) is 3.79. The fourth-order valence-corrected chi connectivity index (χ4v) is 3.08. The summed E-state index contributed by atoms with van der Waals surface area (Å²) in [6, 6.07) is 5.72. The SMILES string of the molecule is Cc1ncc(CN(C)C(=O)c2cccc(C)c2Br)s1. The van der Waals surface area contributed by atoms with Crippen molar-refractivity contribution < 1.29 is 4.79 Å². The first-order chi connectivity index (χ1) is 8.99.